The maximum Gasteiger partial charge on any atom is 0.185 e. The van der Waals surface area contributed by atoms with Crippen LogP contribution < -0.4 is 4.90 Å². The van der Waals surface area contributed by atoms with Crippen LogP contribution >= 0.6 is 0 Å². The molecule has 21 heavy (non-hydrogen) atoms. The summed E-state index contributed by atoms with van der Waals surface area (Å²) < 4.78 is 13.2. The molecule has 2 aromatic rings. The molecule has 2 nitrogen and oxygen atoms in total. The molecule has 2 rings (SSSR count). The highest BCUT2D eigenvalue weighted by atomic mass is 19.1. The fraction of sp³-hybridized carbons (Fsp3) is 0.167. The number of allylic oxidation sites excluding steroid dienone is 1. The topological polar surface area (TPSA) is 20.3 Å². The first kappa shape index (κ1) is 15.0. The SMILES string of the molecule is Cc1cc(C(=O)/C=C/c2ccc(N(C)C)cc2)ccc1F. The Hall–Kier alpha value is -2.42. The van der Waals surface area contributed by atoms with E-state index < -0.39 is 0 Å². The summed E-state index contributed by atoms with van der Waals surface area (Å²) >= 11 is 0. The minimum Gasteiger partial charge on any atom is -0.378 e. The maximum absolute atomic E-state index is 13.2. The van der Waals surface area contributed by atoms with Crippen molar-refractivity contribution in [3.05, 3.63) is 71.0 Å². The number of hydrogen-bond donors (Lipinski definition) is 0. The first-order valence-electron chi connectivity index (χ1n) is 6.73. The van der Waals surface area contributed by atoms with E-state index in [9.17, 15) is 9.18 Å². The Morgan fingerprint density at radius 2 is 1.76 bits per heavy atom. The predicted octanol–water partition coefficient (Wildman–Crippen LogP) is 4.10. The van der Waals surface area contributed by atoms with Crippen LogP contribution in [0, 0.1) is 12.7 Å². The number of hydrogen-bond acceptors (Lipinski definition) is 2. The van der Waals surface area contributed by atoms with Crippen molar-refractivity contribution >= 4 is 17.5 Å². The fourth-order valence-corrected chi connectivity index (χ4v) is 1.95. The fourth-order valence-electron chi connectivity index (χ4n) is 1.95. The quantitative estimate of drug-likeness (QED) is 0.622. The molecule has 108 valence electrons. The van der Waals surface area contributed by atoms with Gasteiger partial charge in [-0.25, -0.2) is 4.39 Å². The third kappa shape index (κ3) is 3.78. The highest BCUT2D eigenvalue weighted by Crippen LogP contribution is 2.14. The van der Waals surface area contributed by atoms with E-state index in [0.29, 0.717) is 11.1 Å². The highest BCUT2D eigenvalue weighted by molar-refractivity contribution is 6.06. The van der Waals surface area contributed by atoms with Crippen LogP contribution in [0.3, 0.4) is 0 Å². The summed E-state index contributed by atoms with van der Waals surface area (Å²) in [5.41, 5.74) is 3.03. The van der Waals surface area contributed by atoms with E-state index >= 15 is 0 Å². The van der Waals surface area contributed by atoms with Gasteiger partial charge in [-0.1, -0.05) is 18.2 Å². The first-order valence-corrected chi connectivity index (χ1v) is 6.73. The van der Waals surface area contributed by atoms with E-state index in [2.05, 4.69) is 0 Å². The van der Waals surface area contributed by atoms with Gasteiger partial charge in [-0.15, -0.1) is 0 Å². The zero-order valence-corrected chi connectivity index (χ0v) is 12.4. The summed E-state index contributed by atoms with van der Waals surface area (Å²) in [6, 6.07) is 12.3. The van der Waals surface area contributed by atoms with Crippen LogP contribution in [-0.2, 0) is 0 Å². The number of carbonyl (C=O) groups excluding carboxylic acids is 1. The molecule has 2 aromatic carbocycles. The van der Waals surface area contributed by atoms with Crippen LogP contribution in [0.15, 0.2) is 48.5 Å². The van der Waals surface area contributed by atoms with Crippen molar-refractivity contribution < 1.29 is 9.18 Å². The van der Waals surface area contributed by atoms with Crippen molar-refractivity contribution in [2.24, 2.45) is 0 Å². The predicted molar refractivity (Wildman–Crippen MR) is 85.3 cm³/mol. The third-order valence-corrected chi connectivity index (χ3v) is 3.28. The number of ketones is 1. The number of rotatable bonds is 4. The molecule has 0 aliphatic carbocycles. The molecular formula is C18H18FNO. The Labute approximate surface area is 124 Å². The Balaban J connectivity index is 2.12. The number of anilines is 1. The van der Waals surface area contributed by atoms with Crippen molar-refractivity contribution in [2.75, 3.05) is 19.0 Å². The molecule has 0 radical (unpaired) electrons. The molecule has 0 atom stereocenters. The lowest BCUT2D eigenvalue weighted by atomic mass is 10.1. The smallest absolute Gasteiger partial charge is 0.185 e. The van der Waals surface area contributed by atoms with Crippen molar-refractivity contribution in [2.45, 2.75) is 6.92 Å². The standard InChI is InChI=1S/C18H18FNO/c1-13-12-15(7-10-17(13)19)18(21)11-6-14-4-8-16(9-5-14)20(2)3/h4-12H,1-3H3/b11-6+. The van der Waals surface area contributed by atoms with Gasteiger partial charge in [-0.05, 0) is 54.5 Å². The number of benzene rings is 2. The number of carbonyl (C=O) groups is 1. The molecule has 0 bridgehead atoms. The minimum absolute atomic E-state index is 0.130. The molecule has 0 spiro atoms. The Morgan fingerprint density at radius 1 is 1.10 bits per heavy atom. The van der Waals surface area contributed by atoms with Crippen molar-refractivity contribution in [3.8, 4) is 0 Å². The van der Waals surface area contributed by atoms with E-state index in [0.717, 1.165) is 11.3 Å². The lowest BCUT2D eigenvalue weighted by Crippen LogP contribution is -2.07. The molecule has 0 aliphatic rings. The average molecular weight is 283 g/mol. The Morgan fingerprint density at radius 3 is 2.33 bits per heavy atom. The van der Waals surface area contributed by atoms with Gasteiger partial charge >= 0.3 is 0 Å². The van der Waals surface area contributed by atoms with E-state index in [4.69, 9.17) is 0 Å². The molecule has 0 aromatic heterocycles. The zero-order chi connectivity index (χ0) is 15.4. The summed E-state index contributed by atoms with van der Waals surface area (Å²) in [6.45, 7) is 1.65. The minimum atomic E-state index is -0.296. The largest absolute Gasteiger partial charge is 0.378 e. The number of halogens is 1. The number of nitrogens with zero attached hydrogens (tertiary/aromatic N) is 1. The van der Waals surface area contributed by atoms with E-state index in [1.165, 1.54) is 18.2 Å². The van der Waals surface area contributed by atoms with Gasteiger partial charge in [0, 0.05) is 25.3 Å². The zero-order valence-electron chi connectivity index (χ0n) is 12.4. The highest BCUT2D eigenvalue weighted by Gasteiger charge is 2.04. The number of aryl methyl sites for hydroxylation is 1. The summed E-state index contributed by atoms with van der Waals surface area (Å²) in [6.07, 6.45) is 3.28. The van der Waals surface area contributed by atoms with E-state index in [1.807, 2.05) is 43.3 Å². The molecule has 0 N–H and O–H groups in total. The molecule has 3 heteroatoms. The maximum atomic E-state index is 13.2. The molecule has 0 heterocycles. The summed E-state index contributed by atoms with van der Waals surface area (Å²) in [7, 11) is 3.95. The molecule has 0 saturated carbocycles. The van der Waals surface area contributed by atoms with Crippen LogP contribution in [0.2, 0.25) is 0 Å². The van der Waals surface area contributed by atoms with Crippen LogP contribution in [-0.4, -0.2) is 19.9 Å². The van der Waals surface area contributed by atoms with Crippen LogP contribution in [0.25, 0.3) is 6.08 Å². The van der Waals surface area contributed by atoms with Gasteiger partial charge in [-0.3, -0.25) is 4.79 Å². The summed E-state index contributed by atoms with van der Waals surface area (Å²) in [4.78, 5) is 14.1. The molecule has 0 fully saturated rings. The van der Waals surface area contributed by atoms with Gasteiger partial charge in [0.2, 0.25) is 0 Å². The van der Waals surface area contributed by atoms with Gasteiger partial charge in [0.25, 0.3) is 0 Å². The lowest BCUT2D eigenvalue weighted by molar-refractivity contribution is 0.104. The first-order chi connectivity index (χ1) is 9.97. The van der Waals surface area contributed by atoms with Gasteiger partial charge in [-0.2, -0.15) is 0 Å². The Bertz CT molecular complexity index is 672. The second-order valence-electron chi connectivity index (χ2n) is 5.15. The second kappa shape index (κ2) is 6.35. The normalized spacial score (nSPS) is 10.9. The third-order valence-electron chi connectivity index (χ3n) is 3.28. The molecule has 0 aliphatic heterocycles. The summed E-state index contributed by atoms with van der Waals surface area (Å²) in [5.74, 6) is -0.426. The van der Waals surface area contributed by atoms with Crippen molar-refractivity contribution in [1.29, 1.82) is 0 Å². The van der Waals surface area contributed by atoms with E-state index in [1.54, 1.807) is 19.1 Å². The van der Waals surface area contributed by atoms with Gasteiger partial charge in [0.05, 0.1) is 0 Å². The van der Waals surface area contributed by atoms with Crippen LogP contribution in [0.1, 0.15) is 21.5 Å². The van der Waals surface area contributed by atoms with Crippen LogP contribution in [0.5, 0.6) is 0 Å². The molecular weight excluding hydrogens is 265 g/mol. The Kier molecular flexibility index (Phi) is 4.53. The van der Waals surface area contributed by atoms with Gasteiger partial charge < -0.3 is 4.90 Å². The molecule has 0 unspecified atom stereocenters. The average Bonchev–Trinajstić information content (AvgIpc) is 2.48. The monoisotopic (exact) mass is 283 g/mol. The van der Waals surface area contributed by atoms with Gasteiger partial charge in [0.1, 0.15) is 5.82 Å². The lowest BCUT2D eigenvalue weighted by Gasteiger charge is -2.11. The van der Waals surface area contributed by atoms with Crippen LogP contribution in [0.4, 0.5) is 10.1 Å². The molecule has 0 amide bonds. The van der Waals surface area contributed by atoms with Crippen molar-refractivity contribution in [1.82, 2.24) is 0 Å². The van der Waals surface area contributed by atoms with Crippen molar-refractivity contribution in [3.63, 3.8) is 0 Å². The molecule has 0 saturated heterocycles. The van der Waals surface area contributed by atoms with Gasteiger partial charge in [0.15, 0.2) is 5.78 Å². The summed E-state index contributed by atoms with van der Waals surface area (Å²) in [5, 5.41) is 0. The van der Waals surface area contributed by atoms with E-state index in [-0.39, 0.29) is 11.6 Å². The second-order valence-corrected chi connectivity index (χ2v) is 5.15.